The number of rotatable bonds is 3. The van der Waals surface area contributed by atoms with Gasteiger partial charge in [-0.1, -0.05) is 0 Å². The van der Waals surface area contributed by atoms with Crippen LogP contribution in [0.25, 0.3) is 0 Å². The van der Waals surface area contributed by atoms with Gasteiger partial charge in [0.15, 0.2) is 5.82 Å². The van der Waals surface area contributed by atoms with Gasteiger partial charge in [-0.25, -0.2) is 4.39 Å². The molecule has 0 saturated carbocycles. The third kappa shape index (κ3) is 3.11. The summed E-state index contributed by atoms with van der Waals surface area (Å²) in [6.07, 6.45) is 0. The Morgan fingerprint density at radius 2 is 1.95 bits per heavy atom. The molecule has 0 atom stereocenters. The van der Waals surface area contributed by atoms with E-state index in [0.717, 1.165) is 6.07 Å². The van der Waals surface area contributed by atoms with Crippen molar-refractivity contribution in [2.24, 2.45) is 0 Å². The van der Waals surface area contributed by atoms with Crippen LogP contribution in [0.1, 0.15) is 13.8 Å². The molecular weight excluding hydrogens is 275 g/mol. The van der Waals surface area contributed by atoms with Crippen molar-refractivity contribution in [1.29, 1.82) is 5.26 Å². The third-order valence-electron chi connectivity index (χ3n) is 3.83. The Morgan fingerprint density at radius 1 is 1.33 bits per heavy atom. The molecule has 0 unspecified atom stereocenters. The van der Waals surface area contributed by atoms with Crippen LogP contribution in [0.3, 0.4) is 0 Å². The number of non-ortho nitro benzene ring substituents is 1. The second-order valence-electron chi connectivity index (χ2n) is 5.54. The summed E-state index contributed by atoms with van der Waals surface area (Å²) >= 11 is 0. The monoisotopic (exact) mass is 292 g/mol. The Hall–Kier alpha value is -2.20. The van der Waals surface area contributed by atoms with Gasteiger partial charge in [0.25, 0.3) is 5.69 Å². The summed E-state index contributed by atoms with van der Waals surface area (Å²) in [5.74, 6) is -0.586. The molecule has 1 saturated heterocycles. The van der Waals surface area contributed by atoms with E-state index in [4.69, 9.17) is 5.26 Å². The molecule has 0 aliphatic carbocycles. The van der Waals surface area contributed by atoms with Gasteiger partial charge in [0.1, 0.15) is 5.54 Å². The van der Waals surface area contributed by atoms with Gasteiger partial charge in [0.2, 0.25) is 0 Å². The van der Waals surface area contributed by atoms with Gasteiger partial charge in [-0.05, 0) is 19.9 Å². The highest BCUT2D eigenvalue weighted by Gasteiger charge is 2.30. The lowest BCUT2D eigenvalue weighted by Crippen LogP contribution is -2.54. The van der Waals surface area contributed by atoms with Crippen molar-refractivity contribution in [2.75, 3.05) is 31.1 Å². The van der Waals surface area contributed by atoms with Gasteiger partial charge in [-0.2, -0.15) is 5.26 Å². The Labute approximate surface area is 122 Å². The molecule has 0 N–H and O–H groups in total. The van der Waals surface area contributed by atoms with Gasteiger partial charge in [-0.3, -0.25) is 15.0 Å². The summed E-state index contributed by atoms with van der Waals surface area (Å²) in [4.78, 5) is 13.9. The molecule has 7 heteroatoms. The normalized spacial score (nSPS) is 16.6. The Balaban J connectivity index is 2.10. The van der Waals surface area contributed by atoms with E-state index < -0.39 is 16.3 Å². The zero-order valence-corrected chi connectivity index (χ0v) is 12.0. The maximum absolute atomic E-state index is 14.0. The van der Waals surface area contributed by atoms with Gasteiger partial charge in [0.05, 0.1) is 22.7 Å². The second kappa shape index (κ2) is 5.66. The molecule has 2 rings (SSSR count). The fourth-order valence-electron chi connectivity index (χ4n) is 2.44. The highest BCUT2D eigenvalue weighted by molar-refractivity contribution is 5.52. The average molecular weight is 292 g/mol. The number of hydrogen-bond acceptors (Lipinski definition) is 5. The number of piperazine rings is 1. The van der Waals surface area contributed by atoms with Crippen LogP contribution in [0.4, 0.5) is 15.8 Å². The van der Waals surface area contributed by atoms with E-state index in [9.17, 15) is 14.5 Å². The quantitative estimate of drug-likeness (QED) is 0.630. The van der Waals surface area contributed by atoms with Crippen LogP contribution in [-0.4, -0.2) is 41.5 Å². The van der Waals surface area contributed by atoms with E-state index in [1.54, 1.807) is 0 Å². The minimum atomic E-state index is -0.611. The summed E-state index contributed by atoms with van der Waals surface area (Å²) < 4.78 is 14.0. The number of halogens is 1. The van der Waals surface area contributed by atoms with Crippen LogP contribution in [0.5, 0.6) is 0 Å². The predicted octanol–water partition coefficient (Wildman–Crippen LogP) is 2.16. The van der Waals surface area contributed by atoms with Gasteiger partial charge in [-0.15, -0.1) is 0 Å². The van der Waals surface area contributed by atoms with Crippen molar-refractivity contribution in [3.05, 3.63) is 34.1 Å². The molecule has 1 aromatic carbocycles. The van der Waals surface area contributed by atoms with Crippen LogP contribution in [0.15, 0.2) is 18.2 Å². The van der Waals surface area contributed by atoms with Gasteiger partial charge >= 0.3 is 0 Å². The van der Waals surface area contributed by atoms with Gasteiger partial charge in [0, 0.05) is 32.2 Å². The lowest BCUT2D eigenvalue weighted by atomic mass is 10.0. The van der Waals surface area contributed by atoms with Crippen LogP contribution in [0.2, 0.25) is 0 Å². The van der Waals surface area contributed by atoms with E-state index in [2.05, 4.69) is 6.07 Å². The molecule has 0 radical (unpaired) electrons. The third-order valence-corrected chi connectivity index (χ3v) is 3.83. The molecule has 112 valence electrons. The smallest absolute Gasteiger partial charge is 0.272 e. The standard InChI is InChI=1S/C14H17FN4O2/c1-14(2,10-16)18-7-5-17(6-8-18)13-4-3-11(19(20)21)9-12(13)15/h3-4,9H,5-8H2,1-2H3. The Kier molecular flexibility index (Phi) is 4.09. The van der Waals surface area contributed by atoms with Crippen molar-refractivity contribution in [3.8, 4) is 6.07 Å². The van der Waals surface area contributed by atoms with Crippen molar-refractivity contribution in [2.45, 2.75) is 19.4 Å². The molecule has 0 bridgehead atoms. The number of nitrogens with zero attached hydrogens (tertiary/aromatic N) is 4. The highest BCUT2D eigenvalue weighted by atomic mass is 19.1. The molecule has 1 heterocycles. The van der Waals surface area contributed by atoms with E-state index in [0.29, 0.717) is 31.9 Å². The largest absolute Gasteiger partial charge is 0.367 e. The lowest BCUT2D eigenvalue weighted by Gasteiger charge is -2.41. The maximum atomic E-state index is 14.0. The van der Waals surface area contributed by atoms with Gasteiger partial charge < -0.3 is 4.90 Å². The first-order chi connectivity index (χ1) is 9.85. The number of hydrogen-bond donors (Lipinski definition) is 0. The predicted molar refractivity (Wildman–Crippen MR) is 76.5 cm³/mol. The number of nitro benzene ring substituents is 1. The molecule has 1 aromatic rings. The molecule has 1 fully saturated rings. The van der Waals surface area contributed by atoms with E-state index >= 15 is 0 Å². The second-order valence-corrected chi connectivity index (χ2v) is 5.54. The molecular formula is C14H17FN4O2. The molecule has 0 amide bonds. The highest BCUT2D eigenvalue weighted by Crippen LogP contribution is 2.26. The fourth-order valence-corrected chi connectivity index (χ4v) is 2.44. The molecule has 6 nitrogen and oxygen atoms in total. The molecule has 0 spiro atoms. The summed E-state index contributed by atoms with van der Waals surface area (Å²) in [6.45, 7) is 6.18. The van der Waals surface area contributed by atoms with Crippen LogP contribution in [-0.2, 0) is 0 Å². The topological polar surface area (TPSA) is 73.4 Å². The van der Waals surface area contributed by atoms with E-state index in [1.807, 2.05) is 23.6 Å². The molecule has 0 aromatic heterocycles. The summed E-state index contributed by atoms with van der Waals surface area (Å²) in [5, 5.41) is 19.7. The van der Waals surface area contributed by atoms with Crippen LogP contribution in [0, 0.1) is 27.3 Å². The van der Waals surface area contributed by atoms with Crippen molar-refractivity contribution < 1.29 is 9.31 Å². The maximum Gasteiger partial charge on any atom is 0.272 e. The first-order valence-corrected chi connectivity index (χ1v) is 6.70. The Morgan fingerprint density at radius 3 is 2.43 bits per heavy atom. The SMILES string of the molecule is CC(C)(C#N)N1CCN(c2ccc([N+](=O)[O-])cc2F)CC1. The molecule has 1 aliphatic heterocycles. The summed E-state index contributed by atoms with van der Waals surface area (Å²) in [5.41, 5.74) is -0.421. The number of benzene rings is 1. The lowest BCUT2D eigenvalue weighted by molar-refractivity contribution is -0.385. The van der Waals surface area contributed by atoms with Crippen molar-refractivity contribution in [1.82, 2.24) is 4.90 Å². The van der Waals surface area contributed by atoms with Crippen molar-refractivity contribution in [3.63, 3.8) is 0 Å². The van der Waals surface area contributed by atoms with Crippen LogP contribution >= 0.6 is 0 Å². The zero-order chi connectivity index (χ0) is 15.6. The Bertz CT molecular complexity index is 589. The number of anilines is 1. The number of nitriles is 1. The van der Waals surface area contributed by atoms with E-state index in [-0.39, 0.29) is 5.69 Å². The fraction of sp³-hybridized carbons (Fsp3) is 0.500. The number of nitro groups is 1. The summed E-state index contributed by atoms with van der Waals surface area (Å²) in [7, 11) is 0. The minimum absolute atomic E-state index is 0.250. The first-order valence-electron chi connectivity index (χ1n) is 6.70. The van der Waals surface area contributed by atoms with Crippen molar-refractivity contribution >= 4 is 11.4 Å². The average Bonchev–Trinajstić information content (AvgIpc) is 2.47. The first kappa shape index (κ1) is 15.2. The minimum Gasteiger partial charge on any atom is -0.367 e. The van der Waals surface area contributed by atoms with E-state index in [1.165, 1.54) is 12.1 Å². The molecule has 1 aliphatic rings. The summed E-state index contributed by atoms with van der Waals surface area (Å²) in [6, 6.07) is 5.95. The zero-order valence-electron chi connectivity index (χ0n) is 12.0. The molecule has 21 heavy (non-hydrogen) atoms. The van der Waals surface area contributed by atoms with Crippen LogP contribution < -0.4 is 4.90 Å².